The Labute approximate surface area is 163 Å². The van der Waals surface area contributed by atoms with Crippen molar-refractivity contribution in [3.8, 4) is 0 Å². The molecule has 3 aromatic carbocycles. The fourth-order valence-electron chi connectivity index (χ4n) is 3.20. The maximum atomic E-state index is 13.0. The van der Waals surface area contributed by atoms with Crippen molar-refractivity contribution >= 4 is 17.6 Å². The van der Waals surface area contributed by atoms with Crippen LogP contribution in [0.15, 0.2) is 96.0 Å². The molecule has 0 unspecified atom stereocenters. The Morgan fingerprint density at radius 1 is 0.857 bits per heavy atom. The summed E-state index contributed by atoms with van der Waals surface area (Å²) in [5.41, 5.74) is 0.773. The summed E-state index contributed by atoms with van der Waals surface area (Å²) in [6, 6.07) is 27.8. The predicted molar refractivity (Wildman–Crippen MR) is 108 cm³/mol. The van der Waals surface area contributed by atoms with Crippen LogP contribution in [0.1, 0.15) is 21.5 Å². The van der Waals surface area contributed by atoms with Crippen LogP contribution < -0.4 is 10.6 Å². The van der Waals surface area contributed by atoms with Gasteiger partial charge in [-0.2, -0.15) is 0 Å². The largest absolute Gasteiger partial charge is 0.320 e. The van der Waals surface area contributed by atoms with E-state index in [-0.39, 0.29) is 18.2 Å². The summed E-state index contributed by atoms with van der Waals surface area (Å²) >= 11 is 0. The highest BCUT2D eigenvalue weighted by molar-refractivity contribution is 6.16. The van der Waals surface area contributed by atoms with Gasteiger partial charge in [-0.25, -0.2) is 4.99 Å². The minimum absolute atomic E-state index is 0.259. The SMILES string of the molecule is O=C(N[C@]1(Cc2ccccc2)N=C(c2ccccc2)NC1=O)c1ccccc1. The van der Waals surface area contributed by atoms with Gasteiger partial charge in [-0.1, -0.05) is 78.9 Å². The molecule has 0 aliphatic carbocycles. The van der Waals surface area contributed by atoms with Crippen LogP contribution in [0, 0.1) is 0 Å². The first-order chi connectivity index (χ1) is 13.7. The van der Waals surface area contributed by atoms with Gasteiger partial charge in [0, 0.05) is 17.5 Å². The maximum absolute atomic E-state index is 13.0. The molecule has 5 nitrogen and oxygen atoms in total. The lowest BCUT2D eigenvalue weighted by Gasteiger charge is -2.25. The number of carbonyl (C=O) groups excluding carboxylic acids is 2. The van der Waals surface area contributed by atoms with E-state index in [9.17, 15) is 9.59 Å². The monoisotopic (exact) mass is 369 g/mol. The summed E-state index contributed by atoms with van der Waals surface area (Å²) in [5, 5.41) is 5.70. The molecule has 0 saturated heterocycles. The van der Waals surface area contributed by atoms with Crippen molar-refractivity contribution in [2.24, 2.45) is 4.99 Å². The molecule has 0 spiro atoms. The van der Waals surface area contributed by atoms with E-state index in [0.717, 1.165) is 11.1 Å². The average Bonchev–Trinajstić information content (AvgIpc) is 3.06. The van der Waals surface area contributed by atoms with Gasteiger partial charge in [0.15, 0.2) is 0 Å². The lowest BCUT2D eigenvalue weighted by molar-refractivity contribution is -0.124. The molecule has 0 aromatic heterocycles. The second-order valence-corrected chi connectivity index (χ2v) is 6.62. The molecule has 2 N–H and O–H groups in total. The van der Waals surface area contributed by atoms with E-state index in [4.69, 9.17) is 0 Å². The smallest absolute Gasteiger partial charge is 0.274 e. The van der Waals surface area contributed by atoms with E-state index in [0.29, 0.717) is 11.4 Å². The fourth-order valence-corrected chi connectivity index (χ4v) is 3.20. The van der Waals surface area contributed by atoms with Gasteiger partial charge < -0.3 is 10.6 Å². The number of nitrogens with one attached hydrogen (secondary N) is 2. The Balaban J connectivity index is 1.72. The molecule has 138 valence electrons. The highest BCUT2D eigenvalue weighted by Crippen LogP contribution is 2.23. The van der Waals surface area contributed by atoms with Crippen molar-refractivity contribution in [1.29, 1.82) is 0 Å². The van der Waals surface area contributed by atoms with E-state index in [1.54, 1.807) is 24.3 Å². The molecule has 1 atom stereocenters. The molecule has 0 fully saturated rings. The number of amidine groups is 1. The first kappa shape index (κ1) is 17.7. The summed E-state index contributed by atoms with van der Waals surface area (Å²) in [5.74, 6) is -0.237. The van der Waals surface area contributed by atoms with Gasteiger partial charge in [-0.3, -0.25) is 9.59 Å². The zero-order valence-electron chi connectivity index (χ0n) is 15.1. The summed E-state index contributed by atoms with van der Waals surface area (Å²) in [7, 11) is 0. The molecule has 0 bridgehead atoms. The second kappa shape index (κ2) is 7.48. The van der Waals surface area contributed by atoms with Crippen LogP contribution >= 0.6 is 0 Å². The Hall–Kier alpha value is -3.73. The molecular formula is C23H19N3O2. The minimum atomic E-state index is -1.40. The molecule has 5 heteroatoms. The Morgan fingerprint density at radius 2 is 1.43 bits per heavy atom. The third-order valence-electron chi connectivity index (χ3n) is 4.62. The highest BCUT2D eigenvalue weighted by atomic mass is 16.2. The molecule has 2 amide bonds. The number of amides is 2. The molecule has 28 heavy (non-hydrogen) atoms. The second-order valence-electron chi connectivity index (χ2n) is 6.62. The summed E-state index contributed by atoms with van der Waals surface area (Å²) in [6.45, 7) is 0. The molecule has 3 aromatic rings. The van der Waals surface area contributed by atoms with Gasteiger partial charge in [0.25, 0.3) is 11.8 Å². The van der Waals surface area contributed by atoms with Gasteiger partial charge in [0.2, 0.25) is 5.66 Å². The molecule has 1 aliphatic rings. The van der Waals surface area contributed by atoms with Crippen LogP contribution in [-0.4, -0.2) is 23.3 Å². The van der Waals surface area contributed by atoms with Crippen molar-refractivity contribution in [1.82, 2.24) is 10.6 Å². The van der Waals surface area contributed by atoms with Gasteiger partial charge in [0.05, 0.1) is 0 Å². The summed E-state index contributed by atoms with van der Waals surface area (Å²) in [6.07, 6.45) is 0.259. The Bertz CT molecular complexity index is 1020. The van der Waals surface area contributed by atoms with Gasteiger partial charge >= 0.3 is 0 Å². The normalized spacial score (nSPS) is 18.3. The molecular weight excluding hydrogens is 350 g/mol. The zero-order chi connectivity index (χ0) is 19.4. The molecule has 4 rings (SSSR count). The van der Waals surface area contributed by atoms with Crippen LogP contribution in [0.25, 0.3) is 0 Å². The van der Waals surface area contributed by atoms with Crippen LogP contribution in [0.4, 0.5) is 0 Å². The van der Waals surface area contributed by atoms with E-state index in [2.05, 4.69) is 15.6 Å². The minimum Gasteiger partial charge on any atom is -0.320 e. The maximum Gasteiger partial charge on any atom is 0.274 e. The molecule has 0 saturated carbocycles. The van der Waals surface area contributed by atoms with Gasteiger partial charge in [-0.15, -0.1) is 0 Å². The average molecular weight is 369 g/mol. The van der Waals surface area contributed by atoms with Crippen LogP contribution in [0.5, 0.6) is 0 Å². The first-order valence-corrected chi connectivity index (χ1v) is 9.04. The number of hydrogen-bond acceptors (Lipinski definition) is 3. The van der Waals surface area contributed by atoms with E-state index < -0.39 is 5.66 Å². The van der Waals surface area contributed by atoms with Crippen LogP contribution in [-0.2, 0) is 11.2 Å². The number of hydrogen-bond donors (Lipinski definition) is 2. The number of aliphatic imine (C=N–C) groups is 1. The van der Waals surface area contributed by atoms with Crippen molar-refractivity contribution < 1.29 is 9.59 Å². The fraction of sp³-hybridized carbons (Fsp3) is 0.0870. The summed E-state index contributed by atoms with van der Waals surface area (Å²) < 4.78 is 0. The number of benzene rings is 3. The lowest BCUT2D eigenvalue weighted by Crippen LogP contribution is -2.55. The number of carbonyl (C=O) groups is 2. The molecule has 0 radical (unpaired) electrons. The zero-order valence-corrected chi connectivity index (χ0v) is 15.1. The van der Waals surface area contributed by atoms with Gasteiger partial charge in [0.1, 0.15) is 5.84 Å². The summed E-state index contributed by atoms with van der Waals surface area (Å²) in [4.78, 5) is 30.5. The first-order valence-electron chi connectivity index (χ1n) is 9.04. The van der Waals surface area contributed by atoms with E-state index >= 15 is 0 Å². The Kier molecular flexibility index (Phi) is 4.72. The predicted octanol–water partition coefficient (Wildman–Crippen LogP) is 2.93. The van der Waals surface area contributed by atoms with Crippen LogP contribution in [0.3, 0.4) is 0 Å². The third kappa shape index (κ3) is 3.55. The van der Waals surface area contributed by atoms with Crippen molar-refractivity contribution in [3.63, 3.8) is 0 Å². The quantitative estimate of drug-likeness (QED) is 0.726. The standard InChI is InChI=1S/C23H19N3O2/c27-21(19-14-8-3-9-15-19)26-23(16-17-10-4-1-5-11-17)22(28)24-20(25-23)18-12-6-2-7-13-18/h1-15H,16H2,(H,26,27)(H,24,25,28)/t23-/m0/s1. The lowest BCUT2D eigenvalue weighted by atomic mass is 9.99. The van der Waals surface area contributed by atoms with Gasteiger partial charge in [-0.05, 0) is 17.7 Å². The van der Waals surface area contributed by atoms with Crippen molar-refractivity contribution in [3.05, 3.63) is 108 Å². The van der Waals surface area contributed by atoms with Crippen molar-refractivity contribution in [2.75, 3.05) is 0 Å². The number of nitrogens with zero attached hydrogens (tertiary/aromatic N) is 1. The van der Waals surface area contributed by atoms with E-state index in [1.807, 2.05) is 66.7 Å². The molecule has 1 heterocycles. The van der Waals surface area contributed by atoms with Crippen molar-refractivity contribution in [2.45, 2.75) is 12.1 Å². The van der Waals surface area contributed by atoms with E-state index in [1.165, 1.54) is 0 Å². The third-order valence-corrected chi connectivity index (χ3v) is 4.62. The molecule has 1 aliphatic heterocycles. The Morgan fingerprint density at radius 3 is 2.07 bits per heavy atom. The highest BCUT2D eigenvalue weighted by Gasteiger charge is 2.45. The van der Waals surface area contributed by atoms with Crippen LogP contribution in [0.2, 0.25) is 0 Å². The number of rotatable bonds is 5. The topological polar surface area (TPSA) is 70.6 Å².